The van der Waals surface area contributed by atoms with Crippen LogP contribution in [-0.2, 0) is 14.8 Å². The van der Waals surface area contributed by atoms with Gasteiger partial charge in [-0.05, 0) is 25.5 Å². The zero-order valence-electron chi connectivity index (χ0n) is 10.9. The number of ether oxygens (including phenoxy) is 1. The Morgan fingerprint density at radius 3 is 2.95 bits per heavy atom. The van der Waals surface area contributed by atoms with Crippen LogP contribution in [-0.4, -0.2) is 43.0 Å². The van der Waals surface area contributed by atoms with Gasteiger partial charge in [0.2, 0.25) is 5.03 Å². The van der Waals surface area contributed by atoms with Crippen molar-refractivity contribution in [2.24, 2.45) is 0 Å². The molecule has 1 aliphatic rings. The van der Waals surface area contributed by atoms with Crippen LogP contribution in [0, 0.1) is 5.82 Å². The van der Waals surface area contributed by atoms with Gasteiger partial charge in [0, 0.05) is 18.8 Å². The van der Waals surface area contributed by atoms with Crippen molar-refractivity contribution < 1.29 is 17.5 Å². The first-order valence-electron chi connectivity index (χ1n) is 6.20. The summed E-state index contributed by atoms with van der Waals surface area (Å²) in [4.78, 5) is 3.67. The largest absolute Gasteiger partial charge is 0.375 e. The molecule has 2 rings (SSSR count). The second-order valence-corrected chi connectivity index (χ2v) is 6.38. The molecular formula is C12H17FN2O3S. The maximum absolute atomic E-state index is 13.7. The molecule has 0 amide bonds. The summed E-state index contributed by atoms with van der Waals surface area (Å²) >= 11 is 0. The molecule has 2 atom stereocenters. The molecule has 0 saturated carbocycles. The zero-order chi connectivity index (χ0) is 14.0. The van der Waals surface area contributed by atoms with Crippen molar-refractivity contribution >= 4 is 10.0 Å². The van der Waals surface area contributed by atoms with Crippen LogP contribution in [0.4, 0.5) is 4.39 Å². The van der Waals surface area contributed by atoms with Crippen LogP contribution < -0.4 is 0 Å². The van der Waals surface area contributed by atoms with Gasteiger partial charge in [-0.1, -0.05) is 6.92 Å². The highest BCUT2D eigenvalue weighted by atomic mass is 32.2. The average molecular weight is 288 g/mol. The van der Waals surface area contributed by atoms with Crippen LogP contribution >= 0.6 is 0 Å². The molecule has 1 aromatic heterocycles. The second-order valence-electron chi connectivity index (χ2n) is 4.57. The van der Waals surface area contributed by atoms with Crippen molar-refractivity contribution in [2.75, 3.05) is 13.2 Å². The van der Waals surface area contributed by atoms with Gasteiger partial charge in [-0.25, -0.2) is 17.8 Å². The van der Waals surface area contributed by atoms with E-state index in [-0.39, 0.29) is 18.7 Å². The van der Waals surface area contributed by atoms with Gasteiger partial charge in [0.05, 0.1) is 12.7 Å². The Hall–Kier alpha value is -1.05. The first kappa shape index (κ1) is 14.4. The Labute approximate surface area is 112 Å². The maximum Gasteiger partial charge on any atom is 0.263 e. The normalized spacial score (nSPS) is 25.4. The van der Waals surface area contributed by atoms with E-state index in [1.807, 2.05) is 6.92 Å². The number of aromatic nitrogens is 1. The summed E-state index contributed by atoms with van der Waals surface area (Å²) < 4.78 is 45.4. The summed E-state index contributed by atoms with van der Waals surface area (Å²) in [6.07, 6.45) is 1.69. The van der Waals surface area contributed by atoms with Gasteiger partial charge in [0.25, 0.3) is 10.0 Å². The minimum atomic E-state index is -3.92. The second kappa shape index (κ2) is 5.52. The minimum absolute atomic E-state index is 0.204. The Morgan fingerprint density at radius 2 is 2.32 bits per heavy atom. The smallest absolute Gasteiger partial charge is 0.263 e. The molecule has 0 aliphatic carbocycles. The Kier molecular flexibility index (Phi) is 4.17. The molecule has 0 N–H and O–H groups in total. The molecule has 0 bridgehead atoms. The summed E-state index contributed by atoms with van der Waals surface area (Å²) in [7, 11) is -3.92. The van der Waals surface area contributed by atoms with Crippen LogP contribution in [0.2, 0.25) is 0 Å². The van der Waals surface area contributed by atoms with Crippen molar-refractivity contribution in [3.63, 3.8) is 0 Å². The number of rotatable bonds is 3. The number of sulfonamides is 1. The van der Waals surface area contributed by atoms with Crippen molar-refractivity contribution in [3.05, 3.63) is 24.1 Å². The number of halogens is 1. The summed E-state index contributed by atoms with van der Waals surface area (Å²) in [5, 5.41) is -0.512. The highest BCUT2D eigenvalue weighted by Gasteiger charge is 2.37. The lowest BCUT2D eigenvalue weighted by molar-refractivity contribution is -0.0231. The zero-order valence-corrected chi connectivity index (χ0v) is 11.7. The van der Waals surface area contributed by atoms with E-state index < -0.39 is 20.9 Å². The Morgan fingerprint density at radius 1 is 1.58 bits per heavy atom. The SMILES string of the molecule is CCC1COC(C)CN1S(=O)(=O)c1ncccc1F. The number of hydrogen-bond donors (Lipinski definition) is 0. The molecule has 2 heterocycles. The van der Waals surface area contributed by atoms with E-state index in [9.17, 15) is 12.8 Å². The minimum Gasteiger partial charge on any atom is -0.375 e. The molecule has 1 aliphatic heterocycles. The lowest BCUT2D eigenvalue weighted by Crippen LogP contribution is -2.51. The fraction of sp³-hybridized carbons (Fsp3) is 0.583. The van der Waals surface area contributed by atoms with Crippen LogP contribution in [0.15, 0.2) is 23.4 Å². The number of pyridine rings is 1. The highest BCUT2D eigenvalue weighted by molar-refractivity contribution is 7.89. The van der Waals surface area contributed by atoms with Gasteiger partial charge >= 0.3 is 0 Å². The first-order valence-corrected chi connectivity index (χ1v) is 7.64. The van der Waals surface area contributed by atoms with Gasteiger partial charge in [-0.2, -0.15) is 4.31 Å². The van der Waals surface area contributed by atoms with E-state index in [2.05, 4.69) is 4.98 Å². The summed E-state index contributed by atoms with van der Waals surface area (Å²) in [6, 6.07) is 2.20. The van der Waals surface area contributed by atoms with Gasteiger partial charge in [-0.15, -0.1) is 0 Å². The third-order valence-electron chi connectivity index (χ3n) is 3.17. The lowest BCUT2D eigenvalue weighted by atomic mass is 10.2. The predicted molar refractivity (Wildman–Crippen MR) is 67.6 cm³/mol. The third-order valence-corrected chi connectivity index (χ3v) is 5.02. The van der Waals surface area contributed by atoms with Gasteiger partial charge in [0.15, 0.2) is 5.82 Å². The van der Waals surface area contributed by atoms with Crippen molar-refractivity contribution in [1.29, 1.82) is 0 Å². The summed E-state index contributed by atoms with van der Waals surface area (Å²) in [6.45, 7) is 4.21. The van der Waals surface area contributed by atoms with Gasteiger partial charge in [0.1, 0.15) is 0 Å². The van der Waals surface area contributed by atoms with Gasteiger partial charge < -0.3 is 4.74 Å². The molecule has 2 unspecified atom stereocenters. The number of hydrogen-bond acceptors (Lipinski definition) is 4. The highest BCUT2D eigenvalue weighted by Crippen LogP contribution is 2.24. The Bertz CT molecular complexity index is 550. The standard InChI is InChI=1S/C12H17FN2O3S/c1-3-10-8-18-9(2)7-15(10)19(16,17)12-11(13)5-4-6-14-12/h4-6,9-10H,3,7-8H2,1-2H3. The molecule has 19 heavy (non-hydrogen) atoms. The molecule has 106 valence electrons. The monoisotopic (exact) mass is 288 g/mol. The molecule has 0 radical (unpaired) electrons. The number of nitrogens with zero attached hydrogens (tertiary/aromatic N) is 2. The van der Waals surface area contributed by atoms with Crippen LogP contribution in [0.3, 0.4) is 0 Å². The fourth-order valence-corrected chi connectivity index (χ4v) is 3.84. The van der Waals surface area contributed by atoms with E-state index in [1.165, 1.54) is 16.6 Å². The Balaban J connectivity index is 2.40. The molecular weight excluding hydrogens is 271 g/mol. The van der Waals surface area contributed by atoms with Crippen molar-refractivity contribution in [2.45, 2.75) is 37.4 Å². The lowest BCUT2D eigenvalue weighted by Gasteiger charge is -2.36. The quantitative estimate of drug-likeness (QED) is 0.844. The average Bonchev–Trinajstić information content (AvgIpc) is 2.39. The molecule has 5 nitrogen and oxygen atoms in total. The van der Waals surface area contributed by atoms with Gasteiger partial charge in [-0.3, -0.25) is 0 Å². The van der Waals surface area contributed by atoms with E-state index >= 15 is 0 Å². The first-order chi connectivity index (χ1) is 8.96. The van der Waals surface area contributed by atoms with E-state index in [0.29, 0.717) is 13.0 Å². The van der Waals surface area contributed by atoms with E-state index in [4.69, 9.17) is 4.74 Å². The van der Waals surface area contributed by atoms with Crippen LogP contribution in [0.1, 0.15) is 20.3 Å². The topological polar surface area (TPSA) is 59.5 Å². The molecule has 0 spiro atoms. The molecule has 1 aromatic rings. The fourth-order valence-electron chi connectivity index (χ4n) is 2.10. The van der Waals surface area contributed by atoms with E-state index in [1.54, 1.807) is 6.92 Å². The molecule has 1 fully saturated rings. The summed E-state index contributed by atoms with van der Waals surface area (Å²) in [5.41, 5.74) is 0. The molecule has 7 heteroatoms. The molecule has 1 saturated heterocycles. The van der Waals surface area contributed by atoms with Crippen LogP contribution in [0.5, 0.6) is 0 Å². The maximum atomic E-state index is 13.7. The van der Waals surface area contributed by atoms with E-state index in [0.717, 1.165) is 6.07 Å². The van der Waals surface area contributed by atoms with Crippen LogP contribution in [0.25, 0.3) is 0 Å². The van der Waals surface area contributed by atoms with Crippen molar-refractivity contribution in [3.8, 4) is 0 Å². The predicted octanol–water partition coefficient (Wildman–Crippen LogP) is 1.41. The molecule has 0 aromatic carbocycles. The third kappa shape index (κ3) is 2.77. The summed E-state index contributed by atoms with van der Waals surface area (Å²) in [5.74, 6) is -0.823. The van der Waals surface area contributed by atoms with Crippen molar-refractivity contribution in [1.82, 2.24) is 9.29 Å². The number of morpholine rings is 1.